The van der Waals surface area contributed by atoms with Gasteiger partial charge in [0.25, 0.3) is 5.56 Å². The summed E-state index contributed by atoms with van der Waals surface area (Å²) in [6.07, 6.45) is 3.33. The molecule has 0 bridgehead atoms. The number of likely N-dealkylation sites (tertiary alicyclic amines) is 1. The number of rotatable bonds is 3. The summed E-state index contributed by atoms with van der Waals surface area (Å²) < 4.78 is 7.85. The number of carbonyl (C=O) groups excluding carboxylic acids is 1. The lowest BCUT2D eigenvalue weighted by atomic mass is 10.0. The monoisotopic (exact) mass is 489 g/mol. The summed E-state index contributed by atoms with van der Waals surface area (Å²) in [7, 11) is 1.71. The summed E-state index contributed by atoms with van der Waals surface area (Å²) >= 11 is 3.41. The van der Waals surface area contributed by atoms with Crippen LogP contribution in [0.25, 0.3) is 0 Å². The minimum atomic E-state index is -0.470. The number of aromatic nitrogens is 2. The molecule has 166 valence electrons. The number of fused-ring (bicyclic) bond motifs is 1. The highest BCUT2D eigenvalue weighted by molar-refractivity contribution is 9.10. The molecule has 0 spiro atoms. The summed E-state index contributed by atoms with van der Waals surface area (Å²) in [4.78, 5) is 33.3. The SMILES string of the molecule is Cn1cc(Br)cc(Nc2ccc(N3CC4CN(C(=O)OC(C)(C)C)CC4C3)cn2)c1=O. The normalized spacial score (nSPS) is 20.7. The molecule has 2 aliphatic heterocycles. The van der Waals surface area contributed by atoms with E-state index in [0.29, 0.717) is 23.3 Å². The topological polar surface area (TPSA) is 79.7 Å². The maximum atomic E-state index is 12.3. The first-order chi connectivity index (χ1) is 14.6. The van der Waals surface area contributed by atoms with Gasteiger partial charge in [-0.15, -0.1) is 0 Å². The second-order valence-corrected chi connectivity index (χ2v) is 10.2. The number of nitrogens with one attached hydrogen (secondary N) is 1. The van der Waals surface area contributed by atoms with Crippen LogP contribution in [0.1, 0.15) is 20.8 Å². The van der Waals surface area contributed by atoms with Gasteiger partial charge in [-0.25, -0.2) is 9.78 Å². The zero-order valence-corrected chi connectivity index (χ0v) is 19.8. The standard InChI is InChI=1S/C22H28BrN5O3/c1-22(2,3)31-21(30)28-11-14-9-27(10-15(14)12-28)17-5-6-19(24-8-17)25-18-7-16(23)13-26(4)20(18)29/h5-8,13-15H,9-12H2,1-4H3,(H,24,25). The van der Waals surface area contributed by atoms with Gasteiger partial charge < -0.3 is 24.4 Å². The van der Waals surface area contributed by atoms with Gasteiger partial charge in [-0.1, -0.05) is 0 Å². The Balaban J connectivity index is 1.37. The van der Waals surface area contributed by atoms with Crippen LogP contribution >= 0.6 is 15.9 Å². The van der Waals surface area contributed by atoms with Crippen LogP contribution in [0.5, 0.6) is 0 Å². The molecule has 9 heteroatoms. The first-order valence-electron chi connectivity index (χ1n) is 10.4. The summed E-state index contributed by atoms with van der Waals surface area (Å²) in [5.41, 5.74) is 0.930. The molecule has 2 fully saturated rings. The van der Waals surface area contributed by atoms with Gasteiger partial charge >= 0.3 is 6.09 Å². The highest BCUT2D eigenvalue weighted by Gasteiger charge is 2.42. The number of nitrogens with zero attached hydrogens (tertiary/aromatic N) is 4. The van der Waals surface area contributed by atoms with Crippen molar-refractivity contribution in [2.45, 2.75) is 26.4 Å². The molecule has 31 heavy (non-hydrogen) atoms. The fourth-order valence-electron chi connectivity index (χ4n) is 4.22. The van der Waals surface area contributed by atoms with Crippen molar-refractivity contribution < 1.29 is 9.53 Å². The van der Waals surface area contributed by atoms with Crippen LogP contribution in [0, 0.1) is 11.8 Å². The third-order valence-corrected chi connectivity index (χ3v) is 6.10. The van der Waals surface area contributed by atoms with Gasteiger partial charge in [0, 0.05) is 55.7 Å². The highest BCUT2D eigenvalue weighted by atomic mass is 79.9. The van der Waals surface area contributed by atoms with Crippen molar-refractivity contribution in [2.24, 2.45) is 18.9 Å². The number of pyridine rings is 2. The lowest BCUT2D eigenvalue weighted by molar-refractivity contribution is 0.0282. The van der Waals surface area contributed by atoms with E-state index in [2.05, 4.69) is 31.1 Å². The smallest absolute Gasteiger partial charge is 0.410 e. The molecule has 4 heterocycles. The van der Waals surface area contributed by atoms with E-state index in [-0.39, 0.29) is 11.7 Å². The van der Waals surface area contributed by atoms with Gasteiger partial charge in [0.15, 0.2) is 0 Å². The van der Waals surface area contributed by atoms with Crippen molar-refractivity contribution in [1.82, 2.24) is 14.5 Å². The van der Waals surface area contributed by atoms with Crippen molar-refractivity contribution in [1.29, 1.82) is 0 Å². The van der Waals surface area contributed by atoms with Crippen molar-refractivity contribution >= 4 is 39.2 Å². The minimum absolute atomic E-state index is 0.115. The molecule has 0 aliphatic carbocycles. The lowest BCUT2D eigenvalue weighted by Crippen LogP contribution is -2.37. The molecule has 2 unspecified atom stereocenters. The number of carbonyl (C=O) groups is 1. The van der Waals surface area contributed by atoms with E-state index in [1.165, 1.54) is 4.57 Å². The number of amides is 1. The second kappa shape index (κ2) is 8.18. The van der Waals surface area contributed by atoms with E-state index < -0.39 is 5.60 Å². The molecule has 2 saturated heterocycles. The van der Waals surface area contributed by atoms with Crippen LogP contribution in [0.4, 0.5) is 22.0 Å². The van der Waals surface area contributed by atoms with E-state index in [9.17, 15) is 9.59 Å². The van der Waals surface area contributed by atoms with Gasteiger partial charge in [0.1, 0.15) is 17.1 Å². The van der Waals surface area contributed by atoms with Gasteiger partial charge in [-0.2, -0.15) is 0 Å². The van der Waals surface area contributed by atoms with E-state index >= 15 is 0 Å². The predicted molar refractivity (Wildman–Crippen MR) is 124 cm³/mol. The minimum Gasteiger partial charge on any atom is -0.444 e. The molecular formula is C22H28BrN5O3. The largest absolute Gasteiger partial charge is 0.444 e. The summed E-state index contributed by atoms with van der Waals surface area (Å²) in [6.45, 7) is 8.93. The number of hydrogen-bond donors (Lipinski definition) is 1. The van der Waals surface area contributed by atoms with Crippen LogP contribution < -0.4 is 15.8 Å². The zero-order chi connectivity index (χ0) is 22.3. The Morgan fingerprint density at radius 3 is 2.45 bits per heavy atom. The number of anilines is 3. The van der Waals surface area contributed by atoms with E-state index in [4.69, 9.17) is 4.74 Å². The van der Waals surface area contributed by atoms with Crippen LogP contribution in [0.15, 0.2) is 39.9 Å². The molecule has 0 radical (unpaired) electrons. The Morgan fingerprint density at radius 1 is 1.19 bits per heavy atom. The Kier molecular flexibility index (Phi) is 5.72. The molecule has 4 rings (SSSR count). The molecule has 0 aromatic carbocycles. The molecule has 2 aromatic heterocycles. The third kappa shape index (κ3) is 4.87. The third-order valence-electron chi connectivity index (χ3n) is 5.66. The Labute approximate surface area is 190 Å². The first kappa shape index (κ1) is 21.7. The molecule has 1 amide bonds. The van der Waals surface area contributed by atoms with Crippen molar-refractivity contribution in [3.63, 3.8) is 0 Å². The van der Waals surface area contributed by atoms with E-state index in [1.54, 1.807) is 19.3 Å². The predicted octanol–water partition coefficient (Wildman–Crippen LogP) is 3.59. The van der Waals surface area contributed by atoms with E-state index in [0.717, 1.165) is 36.3 Å². The molecule has 2 aromatic rings. The molecule has 1 N–H and O–H groups in total. The Morgan fingerprint density at radius 2 is 1.87 bits per heavy atom. The molecule has 0 saturated carbocycles. The molecule has 8 nitrogen and oxygen atoms in total. The fourth-order valence-corrected chi connectivity index (χ4v) is 4.76. The molecular weight excluding hydrogens is 462 g/mol. The second-order valence-electron chi connectivity index (χ2n) is 9.33. The average molecular weight is 490 g/mol. The number of ether oxygens (including phenoxy) is 1. The van der Waals surface area contributed by atoms with Crippen LogP contribution in [-0.2, 0) is 11.8 Å². The Hall–Kier alpha value is -2.55. The first-order valence-corrected chi connectivity index (χ1v) is 11.2. The van der Waals surface area contributed by atoms with Gasteiger partial charge in [0.2, 0.25) is 0 Å². The maximum Gasteiger partial charge on any atom is 0.410 e. The van der Waals surface area contributed by atoms with Gasteiger partial charge in [0.05, 0.1) is 11.9 Å². The lowest BCUT2D eigenvalue weighted by Gasteiger charge is -2.26. The Bertz CT molecular complexity index is 1020. The average Bonchev–Trinajstić information content (AvgIpc) is 3.24. The van der Waals surface area contributed by atoms with Crippen molar-refractivity contribution in [2.75, 3.05) is 36.4 Å². The maximum absolute atomic E-state index is 12.3. The zero-order valence-electron chi connectivity index (χ0n) is 18.3. The van der Waals surface area contributed by atoms with Gasteiger partial charge in [-0.05, 0) is 54.9 Å². The van der Waals surface area contributed by atoms with Crippen LogP contribution in [0.2, 0.25) is 0 Å². The van der Waals surface area contributed by atoms with Crippen molar-refractivity contribution in [3.8, 4) is 0 Å². The van der Waals surface area contributed by atoms with Crippen LogP contribution in [-0.4, -0.2) is 52.3 Å². The van der Waals surface area contributed by atoms with E-state index in [1.807, 2.05) is 44.0 Å². The van der Waals surface area contributed by atoms with Gasteiger partial charge in [-0.3, -0.25) is 4.79 Å². The number of hydrogen-bond acceptors (Lipinski definition) is 6. The summed E-state index contributed by atoms with van der Waals surface area (Å²) in [5.74, 6) is 1.50. The molecule has 2 aliphatic rings. The highest BCUT2D eigenvalue weighted by Crippen LogP contribution is 2.34. The van der Waals surface area contributed by atoms with Crippen molar-refractivity contribution in [3.05, 3.63) is 45.4 Å². The molecule has 2 atom stereocenters. The van der Waals surface area contributed by atoms with Crippen LogP contribution in [0.3, 0.4) is 0 Å². The number of aryl methyl sites for hydroxylation is 1. The quantitative estimate of drug-likeness (QED) is 0.709. The summed E-state index contributed by atoms with van der Waals surface area (Å²) in [5, 5.41) is 3.10. The summed E-state index contributed by atoms with van der Waals surface area (Å²) in [6, 6.07) is 5.65. The number of halogens is 1. The fraction of sp³-hybridized carbons (Fsp3) is 0.500.